The molecule has 11 rings (SSSR count). The Balaban J connectivity index is 0.000000190. The van der Waals surface area contributed by atoms with E-state index in [9.17, 15) is 16.8 Å². The average Bonchev–Trinajstić information content (AvgIpc) is 1.54. The topological polar surface area (TPSA) is 216 Å². The number of fused-ring (bicyclic) bond motifs is 2. The lowest BCUT2D eigenvalue weighted by Crippen LogP contribution is -2.41. The summed E-state index contributed by atoms with van der Waals surface area (Å²) in [6.07, 6.45) is 9.70. The highest BCUT2D eigenvalue weighted by Gasteiger charge is 2.52. The smallest absolute Gasteiger partial charge is 0.399 e. The van der Waals surface area contributed by atoms with Crippen LogP contribution in [0.3, 0.4) is 0 Å². The Labute approximate surface area is 625 Å². The van der Waals surface area contributed by atoms with Crippen molar-refractivity contribution in [2.45, 2.75) is 179 Å². The number of hydrogen-bond acceptors (Lipinski definition) is 18. The summed E-state index contributed by atoms with van der Waals surface area (Å²) in [5.74, 6) is 2.67. The molecule has 3 saturated heterocycles. The maximum absolute atomic E-state index is 12.3. The van der Waals surface area contributed by atoms with Gasteiger partial charge >= 0.3 is 7.12 Å². The third kappa shape index (κ3) is 23.7. The fraction of sp³-hybridized carbons (Fsp3) is 0.541. The molecule has 3 aliphatic rings. The number of rotatable bonds is 28. The number of nitrogens with zero attached hydrogens (tertiary/aromatic N) is 10. The first-order valence-corrected chi connectivity index (χ1v) is 55.5. The average molecular weight is 1610 g/mol. The van der Waals surface area contributed by atoms with E-state index in [1.807, 2.05) is 101 Å². The Morgan fingerprint density at radius 2 is 0.863 bits per heavy atom. The molecule has 20 nitrogen and oxygen atoms in total. The van der Waals surface area contributed by atoms with Gasteiger partial charge in [-0.3, -0.25) is 9.97 Å². The van der Waals surface area contributed by atoms with Crippen molar-refractivity contribution in [1.29, 1.82) is 0 Å². The highest BCUT2D eigenvalue weighted by molar-refractivity contribution is 14.1. The molecule has 28 heteroatoms. The van der Waals surface area contributed by atoms with Gasteiger partial charge in [0, 0.05) is 134 Å². The van der Waals surface area contributed by atoms with E-state index in [2.05, 4.69) is 179 Å². The fourth-order valence-electron chi connectivity index (χ4n) is 11.5. The number of halogens is 1. The highest BCUT2D eigenvalue weighted by atomic mass is 127. The second kappa shape index (κ2) is 34.6. The molecule has 0 bridgehead atoms. The van der Waals surface area contributed by atoms with Crippen molar-refractivity contribution in [2.75, 3.05) is 86.2 Å². The van der Waals surface area contributed by atoms with Crippen molar-refractivity contribution in [1.82, 2.24) is 39.2 Å². The van der Waals surface area contributed by atoms with E-state index in [0.717, 1.165) is 109 Å². The largest absolute Gasteiger partial charge is 0.496 e. The van der Waals surface area contributed by atoms with Gasteiger partial charge in [-0.05, 0) is 112 Å². The third-order valence-corrected chi connectivity index (χ3v) is 30.0. The normalized spacial score (nSPS) is 17.1. The first-order valence-electron chi connectivity index (χ1n) is 35.9. The molecule has 0 saturated carbocycles. The molecular formula is C74H110BIN10O10S2Si4. The van der Waals surface area contributed by atoms with E-state index >= 15 is 0 Å². The first-order chi connectivity index (χ1) is 47.9. The van der Waals surface area contributed by atoms with Crippen molar-refractivity contribution >= 4 is 110 Å². The molecular weight excluding hydrogens is 1500 g/mol. The number of hydrogen-bond donors (Lipinski definition) is 0. The lowest BCUT2D eigenvalue weighted by atomic mass is 9.80. The van der Waals surface area contributed by atoms with Crippen LogP contribution in [0.25, 0.3) is 44.9 Å². The zero-order valence-corrected chi connectivity index (χ0v) is 71.0. The lowest BCUT2D eigenvalue weighted by Gasteiger charge is -2.32. The predicted octanol–water partition coefficient (Wildman–Crippen LogP) is 15.3. The standard InChI is InChI=1S/C34H49N5O4SSi2.C23H41IN4O4SSi2.C17H20BNO2/c1-45(2,3)20-16-42-25-38(26-43-17-21-46(4,5)6)33-22-32(28-14-18-44(40,41)19-15-28)37-34-30(24-36-39(33)34)29-12-13-31(35-23-29)27-10-8-7-9-11-27;1-34(2,3)13-9-31-17-27(18-32-10-14-35(4,5)6)22-15-21(19-7-11-33(29,30)12-8-19)26-23-20(24)16-25-28(22)23;1-16(2)17(3,4)21-18(20-16)14-10-11-15(19-12-14)13-8-6-5-7-9-13/h7-13,22-24,28H,14-21,25-26H2,1-6H3;15-16,19H,7-14,17-18H2,1-6H3;5-12H,1-4H3. The second-order valence-corrected chi connectivity index (χ2v) is 61.4. The Morgan fingerprint density at radius 1 is 0.490 bits per heavy atom. The van der Waals surface area contributed by atoms with Gasteiger partial charge in [0.05, 0.1) is 61.6 Å². The van der Waals surface area contributed by atoms with Gasteiger partial charge in [0.15, 0.2) is 11.3 Å². The number of aromatic nitrogens is 8. The van der Waals surface area contributed by atoms with Gasteiger partial charge in [0.1, 0.15) is 58.2 Å². The number of anilines is 2. The van der Waals surface area contributed by atoms with E-state index in [1.165, 1.54) is 0 Å². The molecule has 0 amide bonds. The van der Waals surface area contributed by atoms with Crippen molar-refractivity contribution in [2.24, 2.45) is 0 Å². The Kier molecular flexibility index (Phi) is 27.5. The number of sulfone groups is 2. The minimum atomic E-state index is -3.01. The molecule has 9 heterocycles. The first kappa shape index (κ1) is 81.0. The summed E-state index contributed by atoms with van der Waals surface area (Å²) in [5, 5.41) is 9.43. The highest BCUT2D eigenvalue weighted by Crippen LogP contribution is 2.38. The fourth-order valence-corrected chi connectivity index (χ4v) is 18.0. The molecule has 0 unspecified atom stereocenters. The third-order valence-electron chi connectivity index (χ3n) is 19.0. The Hall–Kier alpha value is -5.10. The van der Waals surface area contributed by atoms with Crippen LogP contribution >= 0.6 is 22.6 Å². The zero-order valence-electron chi connectivity index (χ0n) is 63.2. The predicted molar refractivity (Wildman–Crippen MR) is 435 cm³/mol. The van der Waals surface area contributed by atoms with E-state index in [4.69, 9.17) is 48.3 Å². The number of ether oxygens (including phenoxy) is 4. The molecule has 6 aromatic heterocycles. The Morgan fingerprint density at radius 3 is 1.24 bits per heavy atom. The number of benzene rings is 2. The summed E-state index contributed by atoms with van der Waals surface area (Å²) >= 11 is 2.26. The van der Waals surface area contributed by atoms with Crippen LogP contribution in [0.15, 0.2) is 122 Å². The minimum Gasteiger partial charge on any atom is -0.399 e. The Bertz CT molecular complexity index is 4170. The van der Waals surface area contributed by atoms with Gasteiger partial charge in [-0.2, -0.15) is 19.2 Å². The van der Waals surface area contributed by atoms with Gasteiger partial charge < -0.3 is 38.1 Å². The summed E-state index contributed by atoms with van der Waals surface area (Å²) in [7, 11) is -11.2. The second-order valence-electron chi connectivity index (χ2n) is 33.2. The van der Waals surface area contributed by atoms with Crippen LogP contribution in [0.1, 0.15) is 76.6 Å². The maximum atomic E-state index is 12.3. The van der Waals surface area contributed by atoms with Crippen LogP contribution in [0, 0.1) is 3.57 Å². The quantitative estimate of drug-likeness (QED) is 0.0193. The molecule has 3 aliphatic heterocycles. The van der Waals surface area contributed by atoms with E-state index in [1.54, 1.807) is 0 Å². The van der Waals surface area contributed by atoms with E-state index < -0.39 is 52.0 Å². The summed E-state index contributed by atoms with van der Waals surface area (Å²) in [4.78, 5) is 23.5. The molecule has 0 atom stereocenters. The monoisotopic (exact) mass is 1610 g/mol. The maximum Gasteiger partial charge on any atom is 0.496 e. The van der Waals surface area contributed by atoms with Crippen LogP contribution in [-0.4, -0.2) is 183 Å². The SMILES string of the molecule is CC1(C)OB(c2ccc(-c3ccccc3)nc2)OC1(C)C.C[Si](C)(C)CCOCN(COCC[Si](C)(C)C)c1cc(C2CCS(=O)(=O)CC2)nc2c(-c3ccc(-c4ccccc4)nc3)cnn12.C[Si](C)(C)CCOCN(COCC[Si](C)(C)C)c1cc(C2CCS(=O)(=O)CC2)nc2c(I)cnn12. The molecule has 0 N–H and O–H groups in total. The molecule has 0 radical (unpaired) electrons. The summed E-state index contributed by atoms with van der Waals surface area (Å²) in [6, 6.07) is 36.8. The zero-order chi connectivity index (χ0) is 73.9. The summed E-state index contributed by atoms with van der Waals surface area (Å²) in [6.45, 7) is 40.8. The van der Waals surface area contributed by atoms with Crippen LogP contribution in [0.5, 0.6) is 0 Å². The lowest BCUT2D eigenvalue weighted by molar-refractivity contribution is 0.00578. The molecule has 2 aromatic carbocycles. The van der Waals surface area contributed by atoms with Crippen molar-refractivity contribution in [3.8, 4) is 33.6 Å². The van der Waals surface area contributed by atoms with Gasteiger partial charge in [-0.25, -0.2) is 26.8 Å². The molecule has 3 fully saturated rings. The van der Waals surface area contributed by atoms with Crippen molar-refractivity contribution < 1.29 is 45.1 Å². The van der Waals surface area contributed by atoms with Crippen LogP contribution in [-0.2, 0) is 47.9 Å². The van der Waals surface area contributed by atoms with Gasteiger partial charge in [0.2, 0.25) is 0 Å². The molecule has 102 heavy (non-hydrogen) atoms. The van der Waals surface area contributed by atoms with E-state index in [-0.39, 0.29) is 53.2 Å². The molecule has 0 spiro atoms. The molecule has 8 aromatic rings. The summed E-state index contributed by atoms with van der Waals surface area (Å²) < 4.78 is 90.2. The van der Waals surface area contributed by atoms with Gasteiger partial charge in [-0.15, -0.1) is 0 Å². The minimum absolute atomic E-state index is 0.0380. The van der Waals surface area contributed by atoms with Crippen LogP contribution in [0.2, 0.25) is 103 Å². The molecule has 0 aliphatic carbocycles. The van der Waals surface area contributed by atoms with Crippen molar-refractivity contribution in [3.05, 3.63) is 137 Å². The van der Waals surface area contributed by atoms with Crippen LogP contribution in [0.4, 0.5) is 11.6 Å². The molecule has 554 valence electrons. The van der Waals surface area contributed by atoms with Gasteiger partial charge in [-0.1, -0.05) is 151 Å². The van der Waals surface area contributed by atoms with Gasteiger partial charge in [0.25, 0.3) is 0 Å². The van der Waals surface area contributed by atoms with E-state index in [0.29, 0.717) is 71.5 Å². The van der Waals surface area contributed by atoms with Crippen molar-refractivity contribution in [3.63, 3.8) is 0 Å². The van der Waals surface area contributed by atoms with Crippen LogP contribution < -0.4 is 15.3 Å². The number of pyridine rings is 2. The summed E-state index contributed by atoms with van der Waals surface area (Å²) in [5.41, 5.74) is 9.42.